The molecule has 0 amide bonds. The molecule has 2 aliphatic rings. The highest BCUT2D eigenvalue weighted by Gasteiger charge is 2.51. The monoisotopic (exact) mass is 482 g/mol. The van der Waals surface area contributed by atoms with E-state index in [0.717, 1.165) is 24.0 Å². The molecule has 0 atom stereocenters. The second kappa shape index (κ2) is 9.50. The Hall–Kier alpha value is -3.95. The van der Waals surface area contributed by atoms with Crippen LogP contribution in [0.15, 0.2) is 77.5 Å². The minimum absolute atomic E-state index is 0.988. The Kier molecular flexibility index (Phi) is 6.35. The number of fused-ring (bicyclic) bond motifs is 2. The molecule has 5 rings (SSSR count). The van der Waals surface area contributed by atoms with Crippen molar-refractivity contribution >= 4 is 17.7 Å². The molecule has 184 valence electrons. The summed E-state index contributed by atoms with van der Waals surface area (Å²) in [6.45, 7) is 15.9. The van der Waals surface area contributed by atoms with Crippen LogP contribution in [0.4, 0.5) is 0 Å². The molecule has 0 fully saturated rings. The van der Waals surface area contributed by atoms with Gasteiger partial charge in [-0.1, -0.05) is 50.2 Å². The van der Waals surface area contributed by atoms with Crippen LogP contribution in [0.25, 0.3) is 5.57 Å². The van der Waals surface area contributed by atoms with Crippen molar-refractivity contribution in [2.24, 2.45) is 0 Å². The van der Waals surface area contributed by atoms with Crippen LogP contribution in [0, 0.1) is 37.3 Å². The number of allylic oxidation sites excluding steroid dienone is 3. The van der Waals surface area contributed by atoms with E-state index in [4.69, 9.17) is 0 Å². The average Bonchev–Trinajstić information content (AvgIpc) is 3.34. The molecule has 0 saturated carbocycles. The Morgan fingerprint density at radius 2 is 1.27 bits per heavy atom. The maximum absolute atomic E-state index is 3.82. The van der Waals surface area contributed by atoms with Crippen LogP contribution in [0.5, 0.6) is 0 Å². The second-order valence-corrected chi connectivity index (χ2v) is 10.2. The third kappa shape index (κ3) is 3.73. The molecule has 1 aromatic heterocycles. The molecule has 37 heavy (non-hydrogen) atoms. The maximum Gasteiger partial charge on any atom is 0.520 e. The second-order valence-electron chi connectivity index (χ2n) is 10.2. The Labute approximate surface area is 222 Å². The van der Waals surface area contributed by atoms with Gasteiger partial charge in [-0.2, -0.15) is 11.6 Å². The third-order valence-electron chi connectivity index (χ3n) is 8.24. The topological polar surface area (TPSA) is 7.94 Å². The van der Waals surface area contributed by atoms with Crippen molar-refractivity contribution < 1.29 is 4.49 Å². The Morgan fingerprint density at radius 3 is 1.76 bits per heavy atom. The molecule has 0 bridgehead atoms. The van der Waals surface area contributed by atoms with Crippen LogP contribution in [0.2, 0.25) is 0 Å². The summed E-state index contributed by atoms with van der Waals surface area (Å²) >= 11 is 0. The third-order valence-corrected chi connectivity index (χ3v) is 8.24. The van der Waals surface area contributed by atoms with E-state index < -0.39 is 6.42 Å². The first-order chi connectivity index (χ1) is 17.9. The predicted octanol–water partition coefficient (Wildman–Crippen LogP) is 7.10. The summed E-state index contributed by atoms with van der Waals surface area (Å²) in [6, 6.07) is 20.6. The maximum atomic E-state index is 3.82. The van der Waals surface area contributed by atoms with E-state index in [1.807, 2.05) is 12.1 Å². The number of rotatable bonds is 2. The molecular weight excluding hydrogens is 447 g/mol. The smallest absolute Gasteiger partial charge is 0.435 e. The van der Waals surface area contributed by atoms with Crippen molar-refractivity contribution in [3.05, 3.63) is 111 Å². The molecule has 0 unspecified atom stereocenters. The molecular formula is C34H35BN2. The standard InChI is InChI=1S/C34H35BN2/c1-8-31-24(3)33-26(5)34-25(4)32(9-2)28(7)37(34)35(36(33)27(31)6,22-20-29-16-12-10-13-17-29)23-21-30-18-14-11-15-19-30/h10-19H,8-9H2,1-7H3. The highest BCUT2D eigenvalue weighted by molar-refractivity contribution is 6.87. The normalized spacial score (nSPS) is 15.6. The lowest BCUT2D eigenvalue weighted by atomic mass is 9.45. The van der Waals surface area contributed by atoms with Crippen molar-refractivity contribution in [3.8, 4) is 23.5 Å². The van der Waals surface area contributed by atoms with E-state index in [1.165, 1.54) is 50.6 Å². The molecule has 2 aliphatic heterocycles. The average molecular weight is 482 g/mol. The number of nitrogens with zero attached hydrogens (tertiary/aromatic N) is 2. The van der Waals surface area contributed by atoms with Crippen LogP contribution < -0.4 is 0 Å². The van der Waals surface area contributed by atoms with Gasteiger partial charge in [0.15, 0.2) is 5.70 Å². The minimum Gasteiger partial charge on any atom is -0.435 e. The van der Waals surface area contributed by atoms with Crippen LogP contribution in [0.3, 0.4) is 0 Å². The molecule has 3 heteroatoms. The van der Waals surface area contributed by atoms with E-state index in [9.17, 15) is 0 Å². The summed E-state index contributed by atoms with van der Waals surface area (Å²) in [5.41, 5.74) is 14.0. The highest BCUT2D eigenvalue weighted by Crippen LogP contribution is 2.43. The summed E-state index contributed by atoms with van der Waals surface area (Å²) in [6.07, 6.45) is 0.153. The number of hydrogen-bond donors (Lipinski definition) is 0. The molecule has 0 aliphatic carbocycles. The van der Waals surface area contributed by atoms with Gasteiger partial charge in [-0.3, -0.25) is 0 Å². The zero-order valence-corrected chi connectivity index (χ0v) is 23.2. The zero-order chi connectivity index (χ0) is 26.3. The van der Waals surface area contributed by atoms with Crippen molar-refractivity contribution in [2.45, 2.75) is 61.3 Å². The van der Waals surface area contributed by atoms with E-state index in [2.05, 4.69) is 129 Å². The molecule has 0 radical (unpaired) electrons. The molecule has 0 saturated heterocycles. The Balaban J connectivity index is 1.95. The molecule has 0 N–H and O–H groups in total. The van der Waals surface area contributed by atoms with Crippen molar-refractivity contribution in [2.75, 3.05) is 0 Å². The van der Waals surface area contributed by atoms with Gasteiger partial charge >= 0.3 is 6.42 Å². The molecule has 3 aromatic rings. The van der Waals surface area contributed by atoms with Gasteiger partial charge in [-0.05, 0) is 81.6 Å². The molecule has 0 spiro atoms. The van der Waals surface area contributed by atoms with Crippen LogP contribution in [0.1, 0.15) is 74.7 Å². The molecule has 2 aromatic carbocycles. The van der Waals surface area contributed by atoms with Gasteiger partial charge in [0.2, 0.25) is 0 Å². The number of aromatic nitrogens is 1. The van der Waals surface area contributed by atoms with Gasteiger partial charge in [0.1, 0.15) is 5.71 Å². The van der Waals surface area contributed by atoms with E-state index in [-0.39, 0.29) is 0 Å². The van der Waals surface area contributed by atoms with E-state index in [1.54, 1.807) is 0 Å². The lowest BCUT2D eigenvalue weighted by molar-refractivity contribution is -0.330. The van der Waals surface area contributed by atoms with Gasteiger partial charge in [-0.15, -0.1) is 11.8 Å². The summed E-state index contributed by atoms with van der Waals surface area (Å²) in [5, 5.41) is 0. The van der Waals surface area contributed by atoms with Crippen molar-refractivity contribution in [3.63, 3.8) is 0 Å². The summed E-state index contributed by atoms with van der Waals surface area (Å²) < 4.78 is 4.99. The fourth-order valence-corrected chi connectivity index (χ4v) is 6.65. The zero-order valence-electron chi connectivity index (χ0n) is 23.2. The molecule has 2 nitrogen and oxygen atoms in total. The van der Waals surface area contributed by atoms with Crippen LogP contribution >= 0.6 is 0 Å². The fraction of sp³-hybridized carbons (Fsp3) is 0.265. The first kappa shape index (κ1) is 24.7. The van der Waals surface area contributed by atoms with Gasteiger partial charge in [0.05, 0.1) is 0 Å². The van der Waals surface area contributed by atoms with E-state index >= 15 is 0 Å². The van der Waals surface area contributed by atoms with Crippen molar-refractivity contribution in [1.82, 2.24) is 4.48 Å². The van der Waals surface area contributed by atoms with Gasteiger partial charge in [0.25, 0.3) is 0 Å². The van der Waals surface area contributed by atoms with Crippen LogP contribution in [-0.2, 0) is 6.42 Å². The minimum atomic E-state index is -1.82. The predicted molar refractivity (Wildman–Crippen MR) is 158 cm³/mol. The number of hydrogen-bond acceptors (Lipinski definition) is 0. The van der Waals surface area contributed by atoms with Crippen molar-refractivity contribution in [1.29, 1.82) is 0 Å². The quantitative estimate of drug-likeness (QED) is 0.272. The largest absolute Gasteiger partial charge is 0.520 e. The SMILES string of the molecule is CCC1=C(C)C2=C(C)c3c(C)c(CC)c(C)n3[B-](C#Cc3ccccc3)(C#Cc3ccccc3)[N+]2=C1C. The fourth-order valence-electron chi connectivity index (χ4n) is 6.65. The first-order valence-corrected chi connectivity index (χ1v) is 13.4. The molecule has 3 heterocycles. The summed E-state index contributed by atoms with van der Waals surface area (Å²) in [4.78, 5) is 0. The Bertz CT molecular complexity index is 1560. The van der Waals surface area contributed by atoms with Gasteiger partial charge < -0.3 is 8.96 Å². The van der Waals surface area contributed by atoms with E-state index in [0.29, 0.717) is 0 Å². The lowest BCUT2D eigenvalue weighted by Gasteiger charge is -2.38. The first-order valence-electron chi connectivity index (χ1n) is 13.4. The van der Waals surface area contributed by atoms with Gasteiger partial charge in [-0.25, -0.2) is 0 Å². The lowest BCUT2D eigenvalue weighted by Crippen LogP contribution is -2.57. The summed E-state index contributed by atoms with van der Waals surface area (Å²) in [5.74, 6) is 14.8. The summed E-state index contributed by atoms with van der Waals surface area (Å²) in [7, 11) is 0. The van der Waals surface area contributed by atoms with Crippen LogP contribution in [-0.4, -0.2) is 21.1 Å². The van der Waals surface area contributed by atoms with Gasteiger partial charge in [0, 0.05) is 40.5 Å². The number of benzene rings is 2. The Morgan fingerprint density at radius 1 is 0.730 bits per heavy atom. The highest BCUT2D eigenvalue weighted by atomic mass is 15.2.